The third-order valence-corrected chi connectivity index (χ3v) is 4.06. The molecule has 0 saturated carbocycles. The predicted octanol–water partition coefficient (Wildman–Crippen LogP) is 2.52. The predicted molar refractivity (Wildman–Crippen MR) is 74.2 cm³/mol. The second-order valence-electron chi connectivity index (χ2n) is 5.20. The smallest absolute Gasteiger partial charge is 0.253 e. The van der Waals surface area contributed by atoms with Gasteiger partial charge in [0.25, 0.3) is 5.91 Å². The van der Waals surface area contributed by atoms with Crippen LogP contribution in [0.4, 0.5) is 0 Å². The molecule has 1 aliphatic heterocycles. The maximum absolute atomic E-state index is 12.3. The molecule has 0 unspecified atom stereocenters. The summed E-state index contributed by atoms with van der Waals surface area (Å²) in [6.45, 7) is 5.89. The van der Waals surface area contributed by atoms with Crippen molar-refractivity contribution in [1.82, 2.24) is 10.6 Å². The van der Waals surface area contributed by atoms with Crippen LogP contribution in [0.5, 0.6) is 0 Å². The van der Waals surface area contributed by atoms with Gasteiger partial charge in [-0.1, -0.05) is 23.7 Å². The maximum atomic E-state index is 12.3. The maximum Gasteiger partial charge on any atom is 0.253 e. The van der Waals surface area contributed by atoms with Crippen LogP contribution in [0.25, 0.3) is 0 Å². The molecule has 0 aromatic heterocycles. The summed E-state index contributed by atoms with van der Waals surface area (Å²) < 4.78 is 0. The number of amides is 1. The first-order valence-electron chi connectivity index (χ1n) is 6.30. The van der Waals surface area contributed by atoms with E-state index >= 15 is 0 Å². The fourth-order valence-electron chi connectivity index (χ4n) is 2.27. The number of hydrogen-bond donors (Lipinski definition) is 2. The van der Waals surface area contributed by atoms with Crippen LogP contribution < -0.4 is 10.6 Å². The fourth-order valence-corrected chi connectivity index (χ4v) is 2.48. The first kappa shape index (κ1) is 13.4. The van der Waals surface area contributed by atoms with Gasteiger partial charge in [-0.3, -0.25) is 4.79 Å². The van der Waals surface area contributed by atoms with Crippen LogP contribution in [0.2, 0.25) is 5.02 Å². The molecule has 0 radical (unpaired) electrons. The van der Waals surface area contributed by atoms with E-state index in [1.165, 1.54) is 0 Å². The van der Waals surface area contributed by atoms with E-state index in [1.54, 1.807) is 6.07 Å². The number of benzene rings is 1. The summed E-state index contributed by atoms with van der Waals surface area (Å²) >= 11 is 6.18. The van der Waals surface area contributed by atoms with Crippen molar-refractivity contribution in [2.24, 2.45) is 0 Å². The molecule has 0 aliphatic carbocycles. The normalized spacial score (nSPS) is 18.4. The van der Waals surface area contributed by atoms with Gasteiger partial charge in [-0.2, -0.15) is 0 Å². The lowest BCUT2D eigenvalue weighted by molar-refractivity contribution is 0.0887. The van der Waals surface area contributed by atoms with Crippen molar-refractivity contribution in [3.05, 3.63) is 34.3 Å². The molecule has 4 heteroatoms. The number of nitrogens with one attached hydrogen (secondary N) is 2. The molecule has 1 aromatic carbocycles. The molecule has 1 amide bonds. The lowest BCUT2D eigenvalue weighted by atomic mass is 9.90. The minimum absolute atomic E-state index is 0.0758. The zero-order valence-corrected chi connectivity index (χ0v) is 11.6. The lowest BCUT2D eigenvalue weighted by Gasteiger charge is -2.35. The van der Waals surface area contributed by atoms with Gasteiger partial charge >= 0.3 is 0 Å². The van der Waals surface area contributed by atoms with Crippen molar-refractivity contribution in [1.29, 1.82) is 0 Å². The molecule has 1 saturated heterocycles. The van der Waals surface area contributed by atoms with Gasteiger partial charge in [0.2, 0.25) is 0 Å². The van der Waals surface area contributed by atoms with Crippen LogP contribution in [-0.2, 0) is 0 Å². The molecule has 98 valence electrons. The highest BCUT2D eigenvalue weighted by Gasteiger charge is 2.29. The quantitative estimate of drug-likeness (QED) is 0.864. The Balaban J connectivity index is 2.14. The molecule has 0 bridgehead atoms. The summed E-state index contributed by atoms with van der Waals surface area (Å²) in [4.78, 5) is 12.3. The Kier molecular flexibility index (Phi) is 3.93. The van der Waals surface area contributed by atoms with Crippen molar-refractivity contribution in [3.8, 4) is 0 Å². The molecule has 1 heterocycles. The molecule has 0 spiro atoms. The van der Waals surface area contributed by atoms with Crippen molar-refractivity contribution in [3.63, 3.8) is 0 Å². The first-order chi connectivity index (χ1) is 8.52. The number of rotatable bonds is 2. The van der Waals surface area contributed by atoms with Gasteiger partial charge in [0.1, 0.15) is 0 Å². The Hall–Kier alpha value is -1.06. The molecule has 18 heavy (non-hydrogen) atoms. The summed E-state index contributed by atoms with van der Waals surface area (Å²) in [5.74, 6) is -0.0758. The van der Waals surface area contributed by atoms with Gasteiger partial charge in [0, 0.05) is 5.54 Å². The summed E-state index contributed by atoms with van der Waals surface area (Å²) in [6, 6.07) is 5.54. The number of aryl methyl sites for hydroxylation is 1. The van der Waals surface area contributed by atoms with Gasteiger partial charge in [0.15, 0.2) is 0 Å². The van der Waals surface area contributed by atoms with E-state index < -0.39 is 0 Å². The second kappa shape index (κ2) is 5.29. The minimum atomic E-state index is -0.130. The fraction of sp³-hybridized carbons (Fsp3) is 0.500. The summed E-state index contributed by atoms with van der Waals surface area (Å²) in [5.41, 5.74) is 1.37. The highest BCUT2D eigenvalue weighted by molar-refractivity contribution is 6.34. The first-order valence-corrected chi connectivity index (χ1v) is 6.68. The largest absolute Gasteiger partial charge is 0.347 e. The highest BCUT2D eigenvalue weighted by Crippen LogP contribution is 2.23. The van der Waals surface area contributed by atoms with Crippen LogP contribution in [0.1, 0.15) is 35.7 Å². The van der Waals surface area contributed by atoms with Crippen LogP contribution in [-0.4, -0.2) is 24.5 Å². The molecule has 1 aromatic rings. The Morgan fingerprint density at radius 1 is 1.39 bits per heavy atom. The number of carbonyl (C=O) groups is 1. The Bertz CT molecular complexity index is 453. The standard InChI is InChI=1S/C14H19ClN2O/c1-10-4-3-5-11(12(10)15)13(18)17-14(2)6-8-16-9-7-14/h3-5,16H,6-9H2,1-2H3,(H,17,18). The van der Waals surface area contributed by atoms with Crippen molar-refractivity contribution >= 4 is 17.5 Å². The van der Waals surface area contributed by atoms with Crippen molar-refractivity contribution in [2.75, 3.05) is 13.1 Å². The number of carbonyl (C=O) groups excluding carboxylic acids is 1. The summed E-state index contributed by atoms with van der Waals surface area (Å²) in [7, 11) is 0. The van der Waals surface area contributed by atoms with Crippen LogP contribution >= 0.6 is 11.6 Å². The molecule has 2 N–H and O–H groups in total. The van der Waals surface area contributed by atoms with E-state index in [0.717, 1.165) is 31.5 Å². The van der Waals surface area contributed by atoms with E-state index in [1.807, 2.05) is 19.1 Å². The number of piperidine rings is 1. The van der Waals surface area contributed by atoms with Crippen LogP contribution in [0.15, 0.2) is 18.2 Å². The van der Waals surface area contributed by atoms with E-state index in [9.17, 15) is 4.79 Å². The van der Waals surface area contributed by atoms with Crippen molar-refractivity contribution in [2.45, 2.75) is 32.2 Å². The zero-order valence-electron chi connectivity index (χ0n) is 10.8. The molecular weight excluding hydrogens is 248 g/mol. The van der Waals surface area contributed by atoms with Gasteiger partial charge in [0.05, 0.1) is 10.6 Å². The Labute approximate surface area is 113 Å². The molecule has 1 aliphatic rings. The average Bonchev–Trinajstić information content (AvgIpc) is 2.33. The molecular formula is C14H19ClN2O. The minimum Gasteiger partial charge on any atom is -0.347 e. The average molecular weight is 267 g/mol. The monoisotopic (exact) mass is 266 g/mol. The van der Waals surface area contributed by atoms with Gasteiger partial charge in [-0.15, -0.1) is 0 Å². The second-order valence-corrected chi connectivity index (χ2v) is 5.58. The van der Waals surface area contributed by atoms with Gasteiger partial charge in [-0.05, 0) is 51.4 Å². The Morgan fingerprint density at radius 3 is 2.72 bits per heavy atom. The zero-order chi connectivity index (χ0) is 13.2. The van der Waals surface area contributed by atoms with Gasteiger partial charge < -0.3 is 10.6 Å². The molecule has 1 fully saturated rings. The molecule has 2 rings (SSSR count). The molecule has 0 atom stereocenters. The summed E-state index contributed by atoms with van der Waals surface area (Å²) in [5, 5.41) is 6.96. The van der Waals surface area contributed by atoms with Crippen LogP contribution in [0.3, 0.4) is 0 Å². The third kappa shape index (κ3) is 2.85. The van der Waals surface area contributed by atoms with E-state index in [-0.39, 0.29) is 11.4 Å². The number of hydrogen-bond acceptors (Lipinski definition) is 2. The Morgan fingerprint density at radius 2 is 2.06 bits per heavy atom. The number of halogens is 1. The lowest BCUT2D eigenvalue weighted by Crippen LogP contribution is -2.52. The third-order valence-electron chi connectivity index (χ3n) is 3.56. The van der Waals surface area contributed by atoms with Crippen LogP contribution in [0, 0.1) is 6.92 Å². The van der Waals surface area contributed by atoms with E-state index in [4.69, 9.17) is 11.6 Å². The van der Waals surface area contributed by atoms with E-state index in [0.29, 0.717) is 10.6 Å². The molecule has 3 nitrogen and oxygen atoms in total. The highest BCUT2D eigenvalue weighted by atomic mass is 35.5. The summed E-state index contributed by atoms with van der Waals surface area (Å²) in [6.07, 6.45) is 1.89. The van der Waals surface area contributed by atoms with Gasteiger partial charge in [-0.25, -0.2) is 0 Å². The van der Waals surface area contributed by atoms with Crippen molar-refractivity contribution < 1.29 is 4.79 Å². The SMILES string of the molecule is Cc1cccc(C(=O)NC2(C)CCNCC2)c1Cl. The van der Waals surface area contributed by atoms with E-state index in [2.05, 4.69) is 17.6 Å². The topological polar surface area (TPSA) is 41.1 Å².